The number of sulfonamides is 1. The highest BCUT2D eigenvalue weighted by Crippen LogP contribution is 2.15. The second-order valence-corrected chi connectivity index (χ2v) is 7.92. The molecule has 0 amide bonds. The molecule has 21 heavy (non-hydrogen) atoms. The van der Waals surface area contributed by atoms with Crippen molar-refractivity contribution in [2.45, 2.75) is 23.4 Å². The van der Waals surface area contributed by atoms with Crippen LogP contribution in [0.5, 0.6) is 0 Å². The Morgan fingerprint density at radius 3 is 2.33 bits per heavy atom. The standard InChI is InChI=1S/C11H14N4O4S2/c1-3-9-12-7-11(14-9)21(18,19)15-8-4-5-10(13-6-8)20(2,16)17/h4-7,15H,3H2,1-2H3,(H,12,14). The van der Waals surface area contributed by atoms with E-state index in [1.165, 1.54) is 18.3 Å². The van der Waals surface area contributed by atoms with E-state index in [1.807, 2.05) is 6.92 Å². The SMILES string of the molecule is CCc1ncc(S(=O)(=O)Nc2ccc(S(C)(=O)=O)nc2)[nH]1. The molecule has 0 saturated heterocycles. The van der Waals surface area contributed by atoms with Crippen LogP contribution in [-0.4, -0.2) is 38.0 Å². The van der Waals surface area contributed by atoms with Crippen LogP contribution >= 0.6 is 0 Å². The zero-order valence-electron chi connectivity index (χ0n) is 11.4. The van der Waals surface area contributed by atoms with Crippen LogP contribution in [0.15, 0.2) is 34.6 Å². The van der Waals surface area contributed by atoms with Crippen LogP contribution in [0.1, 0.15) is 12.7 Å². The molecule has 2 aromatic heterocycles. The minimum Gasteiger partial charge on any atom is -0.332 e. The quantitative estimate of drug-likeness (QED) is 0.826. The fourth-order valence-electron chi connectivity index (χ4n) is 1.53. The van der Waals surface area contributed by atoms with Crippen LogP contribution < -0.4 is 4.72 Å². The first-order valence-corrected chi connectivity index (χ1v) is 9.32. The van der Waals surface area contributed by atoms with Gasteiger partial charge in [-0.05, 0) is 12.1 Å². The van der Waals surface area contributed by atoms with Crippen molar-refractivity contribution >= 4 is 25.5 Å². The second kappa shape index (κ2) is 5.45. The van der Waals surface area contributed by atoms with Gasteiger partial charge < -0.3 is 4.98 Å². The topological polar surface area (TPSA) is 122 Å². The van der Waals surface area contributed by atoms with E-state index in [0.717, 1.165) is 12.5 Å². The molecule has 114 valence electrons. The summed E-state index contributed by atoms with van der Waals surface area (Å²) in [6.07, 6.45) is 3.97. The van der Waals surface area contributed by atoms with Gasteiger partial charge in [-0.1, -0.05) is 6.92 Å². The number of sulfone groups is 1. The van der Waals surface area contributed by atoms with Gasteiger partial charge in [-0.3, -0.25) is 4.72 Å². The number of anilines is 1. The molecule has 0 unspecified atom stereocenters. The molecule has 0 spiro atoms. The predicted molar refractivity (Wildman–Crippen MR) is 76.1 cm³/mol. The third-order valence-electron chi connectivity index (χ3n) is 2.60. The van der Waals surface area contributed by atoms with Crippen molar-refractivity contribution in [1.29, 1.82) is 0 Å². The molecule has 2 rings (SSSR count). The molecule has 0 bridgehead atoms. The molecule has 2 aromatic rings. The maximum Gasteiger partial charge on any atom is 0.279 e. The third-order valence-corrected chi connectivity index (χ3v) is 4.89. The van der Waals surface area contributed by atoms with Crippen LogP contribution in [-0.2, 0) is 26.3 Å². The van der Waals surface area contributed by atoms with E-state index in [1.54, 1.807) is 0 Å². The Hall–Kier alpha value is -1.94. The Morgan fingerprint density at radius 2 is 1.86 bits per heavy atom. The van der Waals surface area contributed by atoms with Crippen LogP contribution in [0.4, 0.5) is 5.69 Å². The van der Waals surface area contributed by atoms with E-state index >= 15 is 0 Å². The van der Waals surface area contributed by atoms with E-state index in [-0.39, 0.29) is 15.7 Å². The van der Waals surface area contributed by atoms with E-state index in [2.05, 4.69) is 19.7 Å². The number of nitrogens with zero attached hydrogens (tertiary/aromatic N) is 2. The van der Waals surface area contributed by atoms with Crippen LogP contribution in [0.3, 0.4) is 0 Å². The van der Waals surface area contributed by atoms with Crippen molar-refractivity contribution in [3.05, 3.63) is 30.4 Å². The number of nitrogens with one attached hydrogen (secondary N) is 2. The van der Waals surface area contributed by atoms with Gasteiger partial charge in [0.15, 0.2) is 19.9 Å². The Kier molecular flexibility index (Phi) is 4.01. The number of hydrogen-bond donors (Lipinski definition) is 2. The van der Waals surface area contributed by atoms with Crippen molar-refractivity contribution in [3.8, 4) is 0 Å². The number of H-pyrrole nitrogens is 1. The third kappa shape index (κ3) is 3.58. The molecule has 2 heterocycles. The van der Waals surface area contributed by atoms with Crippen molar-refractivity contribution in [2.75, 3.05) is 11.0 Å². The lowest BCUT2D eigenvalue weighted by molar-refractivity contribution is 0.597. The molecule has 0 saturated carbocycles. The van der Waals surface area contributed by atoms with Crippen molar-refractivity contribution < 1.29 is 16.8 Å². The number of pyridine rings is 1. The summed E-state index contributed by atoms with van der Waals surface area (Å²) in [5, 5.41) is -0.188. The lowest BCUT2D eigenvalue weighted by Crippen LogP contribution is -2.14. The lowest BCUT2D eigenvalue weighted by atomic mass is 10.4. The van der Waals surface area contributed by atoms with E-state index < -0.39 is 19.9 Å². The van der Waals surface area contributed by atoms with Gasteiger partial charge in [0, 0.05) is 12.7 Å². The first-order valence-electron chi connectivity index (χ1n) is 5.95. The molecule has 8 nitrogen and oxygen atoms in total. The molecule has 2 N–H and O–H groups in total. The van der Waals surface area contributed by atoms with Crippen LogP contribution in [0.25, 0.3) is 0 Å². The van der Waals surface area contributed by atoms with Crippen molar-refractivity contribution in [2.24, 2.45) is 0 Å². The second-order valence-electron chi connectivity index (χ2n) is 4.31. The van der Waals surface area contributed by atoms with Gasteiger partial charge in [-0.15, -0.1) is 0 Å². The van der Waals surface area contributed by atoms with Gasteiger partial charge in [-0.25, -0.2) is 18.4 Å². The number of imidazole rings is 1. The molecular formula is C11H14N4O4S2. The van der Waals surface area contributed by atoms with Gasteiger partial charge in [0.1, 0.15) is 5.82 Å². The van der Waals surface area contributed by atoms with Gasteiger partial charge in [-0.2, -0.15) is 8.42 Å². The molecule has 0 aromatic carbocycles. The van der Waals surface area contributed by atoms with Gasteiger partial charge >= 0.3 is 0 Å². The molecular weight excluding hydrogens is 316 g/mol. The van der Waals surface area contributed by atoms with E-state index in [9.17, 15) is 16.8 Å². The summed E-state index contributed by atoms with van der Waals surface area (Å²) in [5.41, 5.74) is 0.162. The first-order chi connectivity index (χ1) is 9.72. The largest absolute Gasteiger partial charge is 0.332 e. The maximum absolute atomic E-state index is 12.1. The van der Waals surface area contributed by atoms with E-state index in [0.29, 0.717) is 12.2 Å². The molecule has 0 aliphatic rings. The number of aromatic amines is 1. The highest BCUT2D eigenvalue weighted by atomic mass is 32.2. The number of hydrogen-bond acceptors (Lipinski definition) is 6. The molecule has 0 aliphatic carbocycles. The Labute approximate surface area is 122 Å². The summed E-state index contributed by atoms with van der Waals surface area (Å²) in [6, 6.07) is 2.57. The molecule has 10 heteroatoms. The molecule has 0 fully saturated rings. The number of aryl methyl sites for hydroxylation is 1. The van der Waals surface area contributed by atoms with Gasteiger partial charge in [0.05, 0.1) is 18.1 Å². The summed E-state index contributed by atoms with van der Waals surface area (Å²) in [6.45, 7) is 1.84. The fraction of sp³-hybridized carbons (Fsp3) is 0.273. The van der Waals surface area contributed by atoms with Gasteiger partial charge in [0.25, 0.3) is 10.0 Å². The van der Waals surface area contributed by atoms with E-state index in [4.69, 9.17) is 0 Å². The molecule has 0 radical (unpaired) electrons. The minimum atomic E-state index is -3.81. The average Bonchev–Trinajstić information content (AvgIpc) is 2.87. The summed E-state index contributed by atoms with van der Waals surface area (Å²) < 4.78 is 49.0. The highest BCUT2D eigenvalue weighted by Gasteiger charge is 2.17. The normalized spacial score (nSPS) is 12.3. The number of aromatic nitrogens is 3. The van der Waals surface area contributed by atoms with Crippen molar-refractivity contribution in [1.82, 2.24) is 15.0 Å². The molecule has 0 atom stereocenters. The minimum absolute atomic E-state index is 0.0634. The van der Waals surface area contributed by atoms with Gasteiger partial charge in [0.2, 0.25) is 0 Å². The smallest absolute Gasteiger partial charge is 0.279 e. The number of rotatable bonds is 5. The zero-order valence-corrected chi connectivity index (χ0v) is 13.0. The van der Waals surface area contributed by atoms with Crippen LogP contribution in [0, 0.1) is 0 Å². The lowest BCUT2D eigenvalue weighted by Gasteiger charge is -2.06. The summed E-state index contributed by atoms with van der Waals surface area (Å²) >= 11 is 0. The average molecular weight is 330 g/mol. The maximum atomic E-state index is 12.1. The molecule has 0 aliphatic heterocycles. The zero-order chi connectivity index (χ0) is 15.7. The summed E-state index contributed by atoms with van der Waals surface area (Å²) in [7, 11) is -7.23. The Bertz CT molecular complexity index is 839. The predicted octanol–water partition coefficient (Wildman–Crippen LogP) is 0.571. The summed E-state index contributed by atoms with van der Waals surface area (Å²) in [4.78, 5) is 10.3. The fourth-order valence-corrected chi connectivity index (χ4v) is 3.07. The Morgan fingerprint density at radius 1 is 1.14 bits per heavy atom. The monoisotopic (exact) mass is 330 g/mol. The highest BCUT2D eigenvalue weighted by molar-refractivity contribution is 7.92. The first kappa shape index (κ1) is 15.4. The summed E-state index contributed by atoms with van der Waals surface area (Å²) in [5.74, 6) is 0.556. The van der Waals surface area contributed by atoms with Crippen molar-refractivity contribution in [3.63, 3.8) is 0 Å². The van der Waals surface area contributed by atoms with Crippen LogP contribution in [0.2, 0.25) is 0 Å². The Balaban J connectivity index is 2.24.